The normalized spacial score (nSPS) is 10.9. The van der Waals surface area contributed by atoms with Crippen molar-refractivity contribution in [3.63, 3.8) is 0 Å². The maximum atomic E-state index is 12.1. The molecule has 0 saturated heterocycles. The van der Waals surface area contributed by atoms with Crippen LogP contribution in [0.25, 0.3) is 16.8 Å². The van der Waals surface area contributed by atoms with E-state index < -0.39 is 5.97 Å². The molecular weight excluding hydrogens is 358 g/mol. The highest BCUT2D eigenvalue weighted by Crippen LogP contribution is 2.26. The lowest BCUT2D eigenvalue weighted by Gasteiger charge is -2.08. The summed E-state index contributed by atoms with van der Waals surface area (Å²) in [6.07, 6.45) is 1.56. The molecule has 6 heteroatoms. The van der Waals surface area contributed by atoms with Gasteiger partial charge in [0.15, 0.2) is 0 Å². The summed E-state index contributed by atoms with van der Waals surface area (Å²) in [5.74, 6) is -0.409. The number of para-hydroxylation sites is 1. The highest BCUT2D eigenvalue weighted by Gasteiger charge is 2.12. The molecule has 27 heavy (non-hydrogen) atoms. The fraction of sp³-hybridized carbons (Fsp3) is 0.0952. The van der Waals surface area contributed by atoms with Crippen molar-refractivity contribution in [2.45, 2.75) is 6.92 Å². The molecule has 0 unspecified atom stereocenters. The van der Waals surface area contributed by atoms with E-state index >= 15 is 0 Å². The van der Waals surface area contributed by atoms with Gasteiger partial charge in [-0.05, 0) is 19.1 Å². The van der Waals surface area contributed by atoms with E-state index in [1.165, 1.54) is 11.3 Å². The number of rotatable bonds is 6. The van der Waals surface area contributed by atoms with Crippen LogP contribution in [0.1, 0.15) is 22.3 Å². The number of allylic oxidation sites excluding steroid dienone is 1. The Morgan fingerprint density at radius 3 is 2.70 bits per heavy atom. The lowest BCUT2D eigenvalue weighted by Crippen LogP contribution is -2.07. The molecule has 0 amide bonds. The quantitative estimate of drug-likeness (QED) is 0.487. The smallest absolute Gasteiger partial charge is 0.340 e. The molecule has 0 aliphatic rings. The van der Waals surface area contributed by atoms with Crippen molar-refractivity contribution in [3.8, 4) is 17.3 Å². The van der Waals surface area contributed by atoms with Crippen LogP contribution < -0.4 is 5.32 Å². The van der Waals surface area contributed by atoms with Gasteiger partial charge in [-0.2, -0.15) is 5.26 Å². The molecule has 0 radical (unpaired) electrons. The van der Waals surface area contributed by atoms with Crippen LogP contribution in [0.2, 0.25) is 0 Å². The topological polar surface area (TPSA) is 75.0 Å². The minimum atomic E-state index is -0.409. The fourth-order valence-electron chi connectivity index (χ4n) is 2.43. The van der Waals surface area contributed by atoms with Crippen LogP contribution in [0.3, 0.4) is 0 Å². The third kappa shape index (κ3) is 4.40. The lowest BCUT2D eigenvalue weighted by atomic mass is 10.2. The number of hydrogen-bond donors (Lipinski definition) is 1. The Morgan fingerprint density at radius 1 is 1.22 bits per heavy atom. The van der Waals surface area contributed by atoms with E-state index in [0.717, 1.165) is 11.3 Å². The Hall–Kier alpha value is -3.43. The zero-order valence-corrected chi connectivity index (χ0v) is 15.5. The molecule has 134 valence electrons. The summed E-state index contributed by atoms with van der Waals surface area (Å²) in [4.78, 5) is 16.6. The van der Waals surface area contributed by atoms with Crippen LogP contribution in [0.4, 0.5) is 5.69 Å². The number of nitrogens with zero attached hydrogens (tertiary/aromatic N) is 2. The molecule has 2 aromatic carbocycles. The van der Waals surface area contributed by atoms with Gasteiger partial charge in [-0.3, -0.25) is 0 Å². The molecule has 1 heterocycles. The average molecular weight is 375 g/mol. The van der Waals surface area contributed by atoms with Gasteiger partial charge >= 0.3 is 5.97 Å². The molecule has 0 saturated carbocycles. The van der Waals surface area contributed by atoms with E-state index in [0.29, 0.717) is 28.4 Å². The summed E-state index contributed by atoms with van der Waals surface area (Å²) in [6.45, 7) is 2.06. The number of ether oxygens (including phenoxy) is 1. The maximum absolute atomic E-state index is 12.1. The highest BCUT2D eigenvalue weighted by molar-refractivity contribution is 7.11. The van der Waals surface area contributed by atoms with Gasteiger partial charge in [0, 0.05) is 17.1 Å². The van der Waals surface area contributed by atoms with Crippen molar-refractivity contribution in [3.05, 3.63) is 76.7 Å². The molecule has 0 bridgehead atoms. The average Bonchev–Trinajstić information content (AvgIpc) is 3.20. The number of hydrogen-bond acceptors (Lipinski definition) is 6. The van der Waals surface area contributed by atoms with Crippen LogP contribution in [0.15, 0.2) is 66.2 Å². The summed E-state index contributed by atoms with van der Waals surface area (Å²) >= 11 is 1.40. The van der Waals surface area contributed by atoms with Gasteiger partial charge in [-0.25, -0.2) is 9.78 Å². The summed E-state index contributed by atoms with van der Waals surface area (Å²) in [5, 5.41) is 15.1. The number of nitrogens with one attached hydrogen (secondary N) is 1. The van der Waals surface area contributed by atoms with Gasteiger partial charge in [0.25, 0.3) is 0 Å². The van der Waals surface area contributed by atoms with E-state index in [4.69, 9.17) is 4.74 Å². The van der Waals surface area contributed by atoms with Gasteiger partial charge in [-0.1, -0.05) is 42.5 Å². The highest BCUT2D eigenvalue weighted by atomic mass is 32.1. The Kier molecular flexibility index (Phi) is 5.98. The van der Waals surface area contributed by atoms with E-state index in [9.17, 15) is 10.1 Å². The first-order valence-corrected chi connectivity index (χ1v) is 9.25. The maximum Gasteiger partial charge on any atom is 0.340 e. The molecule has 3 aromatic rings. The van der Waals surface area contributed by atoms with Crippen molar-refractivity contribution in [2.24, 2.45) is 0 Å². The van der Waals surface area contributed by atoms with Crippen molar-refractivity contribution in [1.29, 1.82) is 5.26 Å². The van der Waals surface area contributed by atoms with Crippen LogP contribution >= 0.6 is 11.3 Å². The Labute approximate surface area is 161 Å². The third-order valence-electron chi connectivity index (χ3n) is 3.72. The molecule has 1 N–H and O–H groups in total. The Balaban J connectivity index is 1.84. The Morgan fingerprint density at radius 2 is 1.96 bits per heavy atom. The van der Waals surface area contributed by atoms with Crippen molar-refractivity contribution in [2.75, 3.05) is 11.9 Å². The predicted molar refractivity (Wildman–Crippen MR) is 107 cm³/mol. The van der Waals surface area contributed by atoms with Gasteiger partial charge < -0.3 is 10.1 Å². The second kappa shape index (κ2) is 8.79. The van der Waals surface area contributed by atoms with Gasteiger partial charge in [0.2, 0.25) is 0 Å². The van der Waals surface area contributed by atoms with Gasteiger partial charge in [0.1, 0.15) is 16.6 Å². The van der Waals surface area contributed by atoms with E-state index in [2.05, 4.69) is 16.4 Å². The number of benzene rings is 2. The molecule has 3 rings (SSSR count). The molecule has 1 aromatic heterocycles. The van der Waals surface area contributed by atoms with E-state index in [-0.39, 0.29) is 0 Å². The second-order valence-electron chi connectivity index (χ2n) is 5.48. The lowest BCUT2D eigenvalue weighted by molar-refractivity contribution is 0.0527. The van der Waals surface area contributed by atoms with E-state index in [1.54, 1.807) is 31.3 Å². The number of thiazole rings is 1. The first-order chi connectivity index (χ1) is 13.2. The van der Waals surface area contributed by atoms with Gasteiger partial charge in [0.05, 0.1) is 23.6 Å². The fourth-order valence-corrected chi connectivity index (χ4v) is 3.22. The molecular formula is C21H17N3O2S. The molecule has 0 aliphatic carbocycles. The van der Waals surface area contributed by atoms with Crippen LogP contribution in [0.5, 0.6) is 0 Å². The van der Waals surface area contributed by atoms with Gasteiger partial charge in [-0.15, -0.1) is 11.3 Å². The first kappa shape index (κ1) is 18.4. The van der Waals surface area contributed by atoms with Crippen LogP contribution in [-0.2, 0) is 4.74 Å². The first-order valence-electron chi connectivity index (χ1n) is 8.37. The summed E-state index contributed by atoms with van der Waals surface area (Å²) in [6, 6.07) is 19.0. The molecule has 0 spiro atoms. The monoisotopic (exact) mass is 375 g/mol. The number of nitriles is 1. The molecule has 5 nitrogen and oxygen atoms in total. The number of carbonyl (C=O) groups excluding carboxylic acids is 1. The van der Waals surface area contributed by atoms with Crippen molar-refractivity contribution >= 4 is 28.6 Å². The zero-order chi connectivity index (χ0) is 19.1. The summed E-state index contributed by atoms with van der Waals surface area (Å²) in [7, 11) is 0. The minimum absolute atomic E-state index is 0.299. The zero-order valence-electron chi connectivity index (χ0n) is 14.7. The number of carbonyl (C=O) groups is 1. The molecule has 0 atom stereocenters. The van der Waals surface area contributed by atoms with Crippen molar-refractivity contribution in [1.82, 2.24) is 4.98 Å². The van der Waals surface area contributed by atoms with Crippen LogP contribution in [-0.4, -0.2) is 17.6 Å². The minimum Gasteiger partial charge on any atom is -0.462 e. The number of esters is 1. The predicted octanol–water partition coefficient (Wildman–Crippen LogP) is 4.96. The number of anilines is 1. The molecule has 0 fully saturated rings. The second-order valence-corrected chi connectivity index (χ2v) is 6.34. The summed E-state index contributed by atoms with van der Waals surface area (Å²) < 4.78 is 5.06. The standard InChI is InChI=1S/C21H17N3O2S/c1-2-26-21(25)17-10-6-7-11-18(17)23-13-16(12-22)20-24-19(14-27-20)15-8-4-3-5-9-15/h3-11,13-14,23H,2H2,1H3. The molecule has 0 aliphatic heterocycles. The van der Waals surface area contributed by atoms with Crippen LogP contribution in [0, 0.1) is 11.3 Å². The van der Waals surface area contributed by atoms with Crippen molar-refractivity contribution < 1.29 is 9.53 Å². The third-order valence-corrected chi connectivity index (χ3v) is 4.59. The summed E-state index contributed by atoms with van der Waals surface area (Å²) in [5.41, 5.74) is 3.20. The Bertz CT molecular complexity index is 1000. The largest absolute Gasteiger partial charge is 0.462 e. The SMILES string of the molecule is CCOC(=O)c1ccccc1NC=C(C#N)c1nc(-c2ccccc2)cs1. The number of aromatic nitrogens is 1. The van der Waals surface area contributed by atoms with E-state index in [1.807, 2.05) is 41.8 Å².